The zero-order valence-electron chi connectivity index (χ0n) is 12.4. The van der Waals surface area contributed by atoms with Gasteiger partial charge in [-0.3, -0.25) is 10.1 Å². The minimum absolute atomic E-state index is 0.0261. The van der Waals surface area contributed by atoms with Crippen molar-refractivity contribution in [1.29, 1.82) is 0 Å². The van der Waals surface area contributed by atoms with E-state index < -0.39 is 10.9 Å². The fourth-order valence-electron chi connectivity index (χ4n) is 2.35. The van der Waals surface area contributed by atoms with Crippen molar-refractivity contribution in [3.8, 4) is 11.5 Å². The molecule has 0 aromatic heterocycles. The van der Waals surface area contributed by atoms with Crippen molar-refractivity contribution < 1.29 is 29.0 Å². The van der Waals surface area contributed by atoms with Gasteiger partial charge in [0.25, 0.3) is 5.69 Å². The molecule has 8 heteroatoms. The van der Waals surface area contributed by atoms with E-state index in [1.807, 2.05) is 0 Å². The summed E-state index contributed by atoms with van der Waals surface area (Å²) < 4.78 is 15.7. The summed E-state index contributed by atoms with van der Waals surface area (Å²) in [6, 6.07) is 8.39. The van der Waals surface area contributed by atoms with Crippen LogP contribution in [0.3, 0.4) is 0 Å². The number of phenolic OH excluding ortho intramolecular Hbond substituents is 1. The van der Waals surface area contributed by atoms with Crippen molar-refractivity contribution in [2.75, 3.05) is 6.79 Å². The summed E-state index contributed by atoms with van der Waals surface area (Å²) in [4.78, 5) is 22.5. The molecule has 1 heterocycles. The number of nitrogens with zero attached hydrogens (tertiary/aromatic N) is 1. The third-order valence-corrected chi connectivity index (χ3v) is 3.42. The van der Waals surface area contributed by atoms with E-state index in [2.05, 4.69) is 0 Å². The van der Waals surface area contributed by atoms with Gasteiger partial charge in [0.05, 0.1) is 17.1 Å². The maximum Gasteiger partial charge on any atom is 0.338 e. The number of aromatic hydroxyl groups is 1. The van der Waals surface area contributed by atoms with Crippen LogP contribution in [0.4, 0.5) is 5.69 Å². The number of non-ortho nitro benzene ring substituents is 1. The molecule has 0 fully saturated rings. The predicted octanol–water partition coefficient (Wildman–Crippen LogP) is 2.52. The molecule has 1 aliphatic rings. The highest BCUT2D eigenvalue weighted by atomic mass is 16.7. The van der Waals surface area contributed by atoms with E-state index in [9.17, 15) is 20.0 Å². The van der Waals surface area contributed by atoms with E-state index >= 15 is 0 Å². The Labute approximate surface area is 136 Å². The highest BCUT2D eigenvalue weighted by molar-refractivity contribution is 5.89. The maximum absolute atomic E-state index is 12.0. The fraction of sp³-hybridized carbons (Fsp3) is 0.188. The van der Waals surface area contributed by atoms with E-state index in [1.54, 1.807) is 0 Å². The van der Waals surface area contributed by atoms with Gasteiger partial charge in [0.2, 0.25) is 0 Å². The largest absolute Gasteiger partial charge is 0.508 e. The molecular formula is C16H13NO7. The lowest BCUT2D eigenvalue weighted by atomic mass is 10.1. The number of fused-ring (bicyclic) bond motifs is 1. The van der Waals surface area contributed by atoms with Crippen molar-refractivity contribution in [1.82, 2.24) is 0 Å². The van der Waals surface area contributed by atoms with Crippen LogP contribution in [-0.4, -0.2) is 22.8 Å². The molecule has 2 aromatic rings. The molecular weight excluding hydrogens is 318 g/mol. The number of carbonyl (C=O) groups is 1. The number of carbonyl (C=O) groups excluding carboxylic acids is 1. The molecule has 0 amide bonds. The first-order valence-corrected chi connectivity index (χ1v) is 7.01. The Kier molecular flexibility index (Phi) is 4.30. The standard InChI is InChI=1S/C16H13NO7/c18-14-3-1-2-10(6-14)16(19)23-8-12-5-13(17(20)21)4-11-7-22-9-24-15(11)12/h1-6,18H,7-9H2. The maximum atomic E-state index is 12.0. The van der Waals surface area contributed by atoms with Gasteiger partial charge in [-0.2, -0.15) is 0 Å². The summed E-state index contributed by atoms with van der Waals surface area (Å²) in [5.74, 6) is -0.286. The number of phenols is 1. The van der Waals surface area contributed by atoms with Crippen LogP contribution < -0.4 is 4.74 Å². The summed E-state index contributed by atoms with van der Waals surface area (Å²) >= 11 is 0. The fourth-order valence-corrected chi connectivity index (χ4v) is 2.35. The number of hydrogen-bond acceptors (Lipinski definition) is 7. The smallest absolute Gasteiger partial charge is 0.338 e. The van der Waals surface area contributed by atoms with Crippen molar-refractivity contribution in [3.63, 3.8) is 0 Å². The minimum atomic E-state index is -0.654. The monoisotopic (exact) mass is 331 g/mol. The Hall–Kier alpha value is -3.13. The van der Waals surface area contributed by atoms with Crippen molar-refractivity contribution in [2.45, 2.75) is 13.2 Å². The van der Waals surface area contributed by atoms with Crippen LogP contribution in [0.15, 0.2) is 36.4 Å². The summed E-state index contributed by atoms with van der Waals surface area (Å²) in [6.45, 7) is 0.0152. The van der Waals surface area contributed by atoms with Crippen molar-refractivity contribution >= 4 is 11.7 Å². The molecule has 0 bridgehead atoms. The van der Waals surface area contributed by atoms with Crippen molar-refractivity contribution in [3.05, 3.63) is 63.2 Å². The summed E-state index contributed by atoms with van der Waals surface area (Å²) in [7, 11) is 0. The molecule has 0 spiro atoms. The molecule has 0 saturated heterocycles. The normalized spacial score (nSPS) is 12.8. The summed E-state index contributed by atoms with van der Waals surface area (Å²) in [6.07, 6.45) is 0. The number of nitro groups is 1. The molecule has 0 radical (unpaired) electrons. The number of benzene rings is 2. The Bertz CT molecular complexity index is 803. The number of nitro benzene ring substituents is 1. The molecule has 2 aromatic carbocycles. The molecule has 1 N–H and O–H groups in total. The Balaban J connectivity index is 1.82. The van der Waals surface area contributed by atoms with Gasteiger partial charge in [0, 0.05) is 23.3 Å². The lowest BCUT2D eigenvalue weighted by molar-refractivity contribution is -0.385. The van der Waals surface area contributed by atoms with E-state index in [4.69, 9.17) is 14.2 Å². The van der Waals surface area contributed by atoms with Crippen LogP contribution in [0, 0.1) is 10.1 Å². The van der Waals surface area contributed by atoms with Crippen LogP contribution in [-0.2, 0) is 22.7 Å². The lowest BCUT2D eigenvalue weighted by Gasteiger charge is -2.20. The molecule has 0 atom stereocenters. The molecule has 0 saturated carbocycles. The third-order valence-electron chi connectivity index (χ3n) is 3.42. The third kappa shape index (κ3) is 3.28. The highest BCUT2D eigenvalue weighted by Gasteiger charge is 2.22. The van der Waals surface area contributed by atoms with Crippen LogP contribution >= 0.6 is 0 Å². The molecule has 8 nitrogen and oxygen atoms in total. The second-order valence-corrected chi connectivity index (χ2v) is 5.09. The number of hydrogen-bond donors (Lipinski definition) is 1. The second kappa shape index (κ2) is 6.55. The number of ether oxygens (including phenoxy) is 3. The van der Waals surface area contributed by atoms with Gasteiger partial charge in [0.1, 0.15) is 18.1 Å². The topological polar surface area (TPSA) is 108 Å². The number of rotatable bonds is 4. The van der Waals surface area contributed by atoms with Gasteiger partial charge in [-0.15, -0.1) is 0 Å². The van der Waals surface area contributed by atoms with Crippen LogP contribution in [0.5, 0.6) is 11.5 Å². The zero-order valence-corrected chi connectivity index (χ0v) is 12.4. The quantitative estimate of drug-likeness (QED) is 0.521. The van der Waals surface area contributed by atoms with Gasteiger partial charge in [-0.25, -0.2) is 4.79 Å². The van der Waals surface area contributed by atoms with Crippen molar-refractivity contribution in [2.24, 2.45) is 0 Å². The van der Waals surface area contributed by atoms with E-state index in [0.29, 0.717) is 16.9 Å². The Morgan fingerprint density at radius 1 is 1.33 bits per heavy atom. The average molecular weight is 331 g/mol. The summed E-state index contributed by atoms with van der Waals surface area (Å²) in [5.41, 5.74) is 0.958. The average Bonchev–Trinajstić information content (AvgIpc) is 2.59. The Morgan fingerprint density at radius 2 is 2.17 bits per heavy atom. The van der Waals surface area contributed by atoms with Crippen LogP contribution in [0.2, 0.25) is 0 Å². The summed E-state index contributed by atoms with van der Waals surface area (Å²) in [5, 5.41) is 20.4. The second-order valence-electron chi connectivity index (χ2n) is 5.09. The van der Waals surface area contributed by atoms with Gasteiger partial charge in [-0.1, -0.05) is 6.07 Å². The molecule has 24 heavy (non-hydrogen) atoms. The van der Waals surface area contributed by atoms with Gasteiger partial charge >= 0.3 is 5.97 Å². The lowest BCUT2D eigenvalue weighted by Crippen LogP contribution is -2.15. The van der Waals surface area contributed by atoms with E-state index in [-0.39, 0.29) is 37.0 Å². The van der Waals surface area contributed by atoms with E-state index in [0.717, 1.165) is 0 Å². The molecule has 124 valence electrons. The van der Waals surface area contributed by atoms with E-state index in [1.165, 1.54) is 36.4 Å². The van der Waals surface area contributed by atoms with Gasteiger partial charge < -0.3 is 19.3 Å². The first-order valence-electron chi connectivity index (χ1n) is 7.01. The van der Waals surface area contributed by atoms with Crippen LogP contribution in [0.1, 0.15) is 21.5 Å². The predicted molar refractivity (Wildman–Crippen MR) is 80.6 cm³/mol. The minimum Gasteiger partial charge on any atom is -0.508 e. The molecule has 1 aliphatic heterocycles. The van der Waals surface area contributed by atoms with Gasteiger partial charge in [-0.05, 0) is 18.2 Å². The molecule has 3 rings (SSSR count). The number of esters is 1. The Morgan fingerprint density at radius 3 is 2.92 bits per heavy atom. The molecule has 0 aliphatic carbocycles. The van der Waals surface area contributed by atoms with Gasteiger partial charge in [0.15, 0.2) is 6.79 Å². The molecule has 0 unspecified atom stereocenters. The highest BCUT2D eigenvalue weighted by Crippen LogP contribution is 2.33. The first kappa shape index (κ1) is 15.8. The zero-order chi connectivity index (χ0) is 17.1. The SMILES string of the molecule is O=C(OCc1cc([N+](=O)[O-])cc2c1OCOC2)c1cccc(O)c1. The first-order chi connectivity index (χ1) is 11.5. The van der Waals surface area contributed by atoms with Crippen LogP contribution in [0.25, 0.3) is 0 Å².